The lowest BCUT2D eigenvalue weighted by atomic mass is 10.1. The Morgan fingerprint density at radius 3 is 2.38 bits per heavy atom. The summed E-state index contributed by atoms with van der Waals surface area (Å²) in [6.07, 6.45) is 0. The minimum Gasteiger partial charge on any atom is -0.355 e. The monoisotopic (exact) mass is 290 g/mol. The molecule has 0 aliphatic rings. The van der Waals surface area contributed by atoms with Gasteiger partial charge in [0.25, 0.3) is 0 Å². The van der Waals surface area contributed by atoms with E-state index in [1.165, 1.54) is 5.56 Å². The number of hydrogen-bond donors (Lipinski definition) is 2. The Kier molecular flexibility index (Phi) is 6.69. The first-order valence-electron chi connectivity index (χ1n) is 7.55. The molecular formula is C17H30N4. The SMILES string of the molecule is CN=C(NCC(C)N(C)Cc1ccccc1)NC(C)(C)C. The van der Waals surface area contributed by atoms with Crippen molar-refractivity contribution >= 4 is 5.96 Å². The lowest BCUT2D eigenvalue weighted by molar-refractivity contribution is 0.249. The number of hydrogen-bond acceptors (Lipinski definition) is 2. The van der Waals surface area contributed by atoms with Crippen LogP contribution in [0.4, 0.5) is 0 Å². The normalized spacial score (nSPS) is 14.1. The molecule has 0 fully saturated rings. The van der Waals surface area contributed by atoms with Gasteiger partial charge in [0, 0.05) is 31.7 Å². The number of nitrogens with zero attached hydrogens (tertiary/aromatic N) is 2. The van der Waals surface area contributed by atoms with Gasteiger partial charge in [0.1, 0.15) is 0 Å². The second-order valence-corrected chi connectivity index (χ2v) is 6.58. The number of guanidine groups is 1. The number of likely N-dealkylation sites (N-methyl/N-ethyl adjacent to an activating group) is 1. The molecule has 2 N–H and O–H groups in total. The largest absolute Gasteiger partial charge is 0.355 e. The standard InChI is InChI=1S/C17H30N4/c1-14(12-19-16(18-5)20-17(2,3)4)21(6)13-15-10-8-7-9-11-15/h7-11,14H,12-13H2,1-6H3,(H2,18,19,20). The van der Waals surface area contributed by atoms with Crippen LogP contribution in [0, 0.1) is 0 Å². The van der Waals surface area contributed by atoms with E-state index in [0.29, 0.717) is 6.04 Å². The lowest BCUT2D eigenvalue weighted by Gasteiger charge is -2.28. The van der Waals surface area contributed by atoms with Crippen LogP contribution in [0.15, 0.2) is 35.3 Å². The van der Waals surface area contributed by atoms with E-state index < -0.39 is 0 Å². The Hall–Kier alpha value is -1.55. The molecule has 0 aliphatic heterocycles. The molecule has 21 heavy (non-hydrogen) atoms. The molecule has 0 saturated heterocycles. The maximum atomic E-state index is 4.26. The van der Waals surface area contributed by atoms with Crippen LogP contribution in [-0.4, -0.2) is 43.1 Å². The Labute approximate surface area is 129 Å². The van der Waals surface area contributed by atoms with E-state index in [2.05, 4.69) is 85.6 Å². The molecule has 4 nitrogen and oxygen atoms in total. The third-order valence-corrected chi connectivity index (χ3v) is 3.31. The molecular weight excluding hydrogens is 260 g/mol. The predicted molar refractivity (Wildman–Crippen MR) is 91.6 cm³/mol. The quantitative estimate of drug-likeness (QED) is 0.646. The van der Waals surface area contributed by atoms with Gasteiger partial charge in [0.15, 0.2) is 5.96 Å². The Morgan fingerprint density at radius 2 is 1.86 bits per heavy atom. The van der Waals surface area contributed by atoms with Crippen LogP contribution in [-0.2, 0) is 6.54 Å². The summed E-state index contributed by atoms with van der Waals surface area (Å²) in [5.41, 5.74) is 1.35. The highest BCUT2D eigenvalue weighted by molar-refractivity contribution is 5.80. The molecule has 118 valence electrons. The first-order chi connectivity index (χ1) is 9.81. The minimum absolute atomic E-state index is 0.0149. The summed E-state index contributed by atoms with van der Waals surface area (Å²) in [6.45, 7) is 10.4. The van der Waals surface area contributed by atoms with Crippen LogP contribution in [0.25, 0.3) is 0 Å². The fraction of sp³-hybridized carbons (Fsp3) is 0.588. The van der Waals surface area contributed by atoms with Crippen molar-refractivity contribution < 1.29 is 0 Å². The third-order valence-electron chi connectivity index (χ3n) is 3.31. The molecule has 0 aliphatic carbocycles. The molecule has 0 radical (unpaired) electrons. The summed E-state index contributed by atoms with van der Waals surface area (Å²) in [5.74, 6) is 0.850. The molecule has 1 aromatic rings. The summed E-state index contributed by atoms with van der Waals surface area (Å²) >= 11 is 0. The molecule has 1 atom stereocenters. The van der Waals surface area contributed by atoms with E-state index in [4.69, 9.17) is 0 Å². The smallest absolute Gasteiger partial charge is 0.191 e. The lowest BCUT2D eigenvalue weighted by Crippen LogP contribution is -2.50. The Balaban J connectivity index is 2.43. The van der Waals surface area contributed by atoms with Crippen molar-refractivity contribution in [2.24, 2.45) is 4.99 Å². The van der Waals surface area contributed by atoms with Gasteiger partial charge in [0.2, 0.25) is 0 Å². The van der Waals surface area contributed by atoms with E-state index in [-0.39, 0.29) is 5.54 Å². The van der Waals surface area contributed by atoms with Crippen molar-refractivity contribution in [3.05, 3.63) is 35.9 Å². The van der Waals surface area contributed by atoms with Gasteiger partial charge >= 0.3 is 0 Å². The van der Waals surface area contributed by atoms with Gasteiger partial charge in [-0.1, -0.05) is 30.3 Å². The summed E-state index contributed by atoms with van der Waals surface area (Å²) in [4.78, 5) is 6.60. The highest BCUT2D eigenvalue weighted by atomic mass is 15.2. The molecule has 1 unspecified atom stereocenters. The molecule has 0 bridgehead atoms. The van der Waals surface area contributed by atoms with E-state index in [9.17, 15) is 0 Å². The summed E-state index contributed by atoms with van der Waals surface area (Å²) in [7, 11) is 3.96. The van der Waals surface area contributed by atoms with Crippen LogP contribution < -0.4 is 10.6 Å². The van der Waals surface area contributed by atoms with Gasteiger partial charge in [-0.25, -0.2) is 0 Å². The third kappa shape index (κ3) is 7.14. The fourth-order valence-corrected chi connectivity index (χ4v) is 1.96. The zero-order valence-electron chi connectivity index (χ0n) is 14.3. The van der Waals surface area contributed by atoms with Crippen LogP contribution >= 0.6 is 0 Å². The van der Waals surface area contributed by atoms with Gasteiger partial charge in [-0.2, -0.15) is 0 Å². The number of aliphatic imine (C=N–C) groups is 1. The second-order valence-electron chi connectivity index (χ2n) is 6.58. The topological polar surface area (TPSA) is 39.7 Å². The van der Waals surface area contributed by atoms with Crippen LogP contribution in [0.5, 0.6) is 0 Å². The maximum Gasteiger partial charge on any atom is 0.191 e. The van der Waals surface area contributed by atoms with Crippen molar-refractivity contribution in [1.29, 1.82) is 0 Å². The van der Waals surface area contributed by atoms with Gasteiger partial charge in [-0.05, 0) is 40.3 Å². The van der Waals surface area contributed by atoms with Crippen molar-refractivity contribution in [3.8, 4) is 0 Å². The van der Waals surface area contributed by atoms with E-state index >= 15 is 0 Å². The summed E-state index contributed by atoms with van der Waals surface area (Å²) in [5, 5.41) is 6.76. The molecule has 1 rings (SSSR count). The first kappa shape index (κ1) is 17.5. The molecule has 0 heterocycles. The molecule has 4 heteroatoms. The minimum atomic E-state index is 0.0149. The van der Waals surface area contributed by atoms with E-state index in [0.717, 1.165) is 19.0 Å². The molecule has 1 aromatic carbocycles. The molecule has 0 amide bonds. The predicted octanol–water partition coefficient (Wildman–Crippen LogP) is 2.47. The second kappa shape index (κ2) is 8.03. The van der Waals surface area contributed by atoms with Gasteiger partial charge < -0.3 is 10.6 Å². The summed E-state index contributed by atoms with van der Waals surface area (Å²) in [6, 6.07) is 11.0. The van der Waals surface area contributed by atoms with Crippen LogP contribution in [0.1, 0.15) is 33.3 Å². The fourth-order valence-electron chi connectivity index (χ4n) is 1.96. The van der Waals surface area contributed by atoms with Gasteiger partial charge in [-0.15, -0.1) is 0 Å². The number of rotatable bonds is 5. The van der Waals surface area contributed by atoms with Crippen molar-refractivity contribution in [3.63, 3.8) is 0 Å². The Morgan fingerprint density at radius 1 is 1.24 bits per heavy atom. The van der Waals surface area contributed by atoms with Gasteiger partial charge in [-0.3, -0.25) is 9.89 Å². The highest BCUT2D eigenvalue weighted by Crippen LogP contribution is 2.05. The van der Waals surface area contributed by atoms with Crippen molar-refractivity contribution in [2.75, 3.05) is 20.6 Å². The molecule has 0 saturated carbocycles. The van der Waals surface area contributed by atoms with E-state index in [1.54, 1.807) is 7.05 Å². The van der Waals surface area contributed by atoms with Crippen LogP contribution in [0.3, 0.4) is 0 Å². The Bertz CT molecular complexity index is 434. The zero-order valence-corrected chi connectivity index (χ0v) is 14.3. The van der Waals surface area contributed by atoms with E-state index in [1.807, 2.05) is 0 Å². The zero-order chi connectivity index (χ0) is 15.9. The average molecular weight is 290 g/mol. The number of benzene rings is 1. The average Bonchev–Trinajstić information content (AvgIpc) is 2.42. The maximum absolute atomic E-state index is 4.26. The summed E-state index contributed by atoms with van der Waals surface area (Å²) < 4.78 is 0. The van der Waals surface area contributed by atoms with Crippen molar-refractivity contribution in [2.45, 2.75) is 45.8 Å². The first-order valence-corrected chi connectivity index (χ1v) is 7.55. The molecule has 0 spiro atoms. The molecule has 0 aromatic heterocycles. The van der Waals surface area contributed by atoms with Crippen LogP contribution in [0.2, 0.25) is 0 Å². The van der Waals surface area contributed by atoms with Crippen molar-refractivity contribution in [1.82, 2.24) is 15.5 Å². The van der Waals surface area contributed by atoms with Gasteiger partial charge in [0.05, 0.1) is 0 Å². The number of nitrogens with one attached hydrogen (secondary N) is 2. The highest BCUT2D eigenvalue weighted by Gasteiger charge is 2.14.